The van der Waals surface area contributed by atoms with Gasteiger partial charge in [-0.05, 0) is 63.0 Å². The predicted octanol–water partition coefficient (Wildman–Crippen LogP) is 6.03. The van der Waals surface area contributed by atoms with Crippen LogP contribution in [0.3, 0.4) is 0 Å². The quantitative estimate of drug-likeness (QED) is 0.426. The highest BCUT2D eigenvalue weighted by molar-refractivity contribution is 9.10. The number of halogens is 3. The Kier molecular flexibility index (Phi) is 7.57. The lowest BCUT2D eigenvalue weighted by molar-refractivity contribution is 0.282. The van der Waals surface area contributed by atoms with E-state index in [1.807, 2.05) is 36.5 Å². The van der Waals surface area contributed by atoms with Crippen LogP contribution in [0.5, 0.6) is 11.5 Å². The van der Waals surface area contributed by atoms with Crippen molar-refractivity contribution in [2.75, 3.05) is 7.11 Å². The SMILES string of the molecule is COc1cc(CNCc2cccnc2)cc(Br)c1OCc1ccc(Cl)c(Cl)c1. The van der Waals surface area contributed by atoms with Crippen LogP contribution in [0.1, 0.15) is 16.7 Å². The zero-order valence-electron chi connectivity index (χ0n) is 15.2. The molecule has 0 bridgehead atoms. The average Bonchev–Trinajstić information content (AvgIpc) is 2.70. The number of pyridine rings is 1. The molecule has 1 N–H and O–H groups in total. The molecule has 7 heteroatoms. The second kappa shape index (κ2) is 10.1. The van der Waals surface area contributed by atoms with E-state index in [0.29, 0.717) is 34.7 Å². The van der Waals surface area contributed by atoms with Crippen LogP contribution >= 0.6 is 39.1 Å². The summed E-state index contributed by atoms with van der Waals surface area (Å²) in [5.41, 5.74) is 3.13. The fourth-order valence-electron chi connectivity index (χ4n) is 2.65. The molecule has 0 aliphatic rings. The van der Waals surface area contributed by atoms with Gasteiger partial charge >= 0.3 is 0 Å². The van der Waals surface area contributed by atoms with Crippen molar-refractivity contribution in [1.29, 1.82) is 0 Å². The molecule has 0 aliphatic carbocycles. The van der Waals surface area contributed by atoms with Gasteiger partial charge in [0.2, 0.25) is 0 Å². The van der Waals surface area contributed by atoms with Crippen LogP contribution in [0.15, 0.2) is 59.3 Å². The lowest BCUT2D eigenvalue weighted by atomic mass is 10.2. The summed E-state index contributed by atoms with van der Waals surface area (Å²) in [4.78, 5) is 4.12. The van der Waals surface area contributed by atoms with E-state index in [1.54, 1.807) is 25.4 Å². The first-order chi connectivity index (χ1) is 13.6. The molecule has 0 saturated carbocycles. The summed E-state index contributed by atoms with van der Waals surface area (Å²) < 4.78 is 12.3. The minimum atomic E-state index is 0.352. The largest absolute Gasteiger partial charge is 0.493 e. The number of hydrogen-bond donors (Lipinski definition) is 1. The lowest BCUT2D eigenvalue weighted by Crippen LogP contribution is -2.13. The third-order valence-electron chi connectivity index (χ3n) is 4.04. The zero-order valence-corrected chi connectivity index (χ0v) is 18.3. The molecule has 1 heterocycles. The smallest absolute Gasteiger partial charge is 0.175 e. The number of rotatable bonds is 8. The molecule has 3 rings (SSSR count). The van der Waals surface area contributed by atoms with Gasteiger partial charge in [0.25, 0.3) is 0 Å². The summed E-state index contributed by atoms with van der Waals surface area (Å²) in [6.45, 7) is 1.78. The van der Waals surface area contributed by atoms with Crippen molar-refractivity contribution in [3.63, 3.8) is 0 Å². The third kappa shape index (κ3) is 5.61. The third-order valence-corrected chi connectivity index (χ3v) is 5.37. The molecule has 0 aliphatic heterocycles. The minimum absolute atomic E-state index is 0.352. The predicted molar refractivity (Wildman–Crippen MR) is 116 cm³/mol. The van der Waals surface area contributed by atoms with E-state index in [2.05, 4.69) is 26.2 Å². The van der Waals surface area contributed by atoms with Gasteiger partial charge in [0, 0.05) is 25.5 Å². The first kappa shape index (κ1) is 20.9. The van der Waals surface area contributed by atoms with E-state index < -0.39 is 0 Å². The lowest BCUT2D eigenvalue weighted by Gasteiger charge is -2.15. The Bertz CT molecular complexity index is 939. The number of nitrogens with one attached hydrogen (secondary N) is 1. The number of benzene rings is 2. The summed E-state index contributed by atoms with van der Waals surface area (Å²) in [5, 5.41) is 4.43. The molecule has 0 atom stereocenters. The molecule has 28 heavy (non-hydrogen) atoms. The summed E-state index contributed by atoms with van der Waals surface area (Å²) in [6, 6.07) is 13.4. The van der Waals surface area contributed by atoms with Crippen LogP contribution in [0.25, 0.3) is 0 Å². The molecule has 0 spiro atoms. The Morgan fingerprint density at radius 1 is 1.00 bits per heavy atom. The molecule has 0 radical (unpaired) electrons. The highest BCUT2D eigenvalue weighted by atomic mass is 79.9. The Morgan fingerprint density at radius 2 is 1.82 bits per heavy atom. The molecule has 0 unspecified atom stereocenters. The molecule has 1 aromatic heterocycles. The molecule has 0 fully saturated rings. The highest BCUT2D eigenvalue weighted by Crippen LogP contribution is 2.37. The Hall–Kier alpha value is -1.79. The maximum atomic E-state index is 6.07. The number of aromatic nitrogens is 1. The van der Waals surface area contributed by atoms with Crippen molar-refractivity contribution in [2.24, 2.45) is 0 Å². The average molecular weight is 482 g/mol. The van der Waals surface area contributed by atoms with Crippen LogP contribution in [-0.2, 0) is 19.7 Å². The normalized spacial score (nSPS) is 10.7. The van der Waals surface area contributed by atoms with E-state index in [4.69, 9.17) is 32.7 Å². The molecular formula is C21H19BrCl2N2O2. The van der Waals surface area contributed by atoms with Gasteiger partial charge in [0.05, 0.1) is 21.6 Å². The van der Waals surface area contributed by atoms with E-state index in [-0.39, 0.29) is 0 Å². The molecule has 2 aromatic carbocycles. The van der Waals surface area contributed by atoms with Crippen molar-refractivity contribution >= 4 is 39.1 Å². The second-order valence-corrected chi connectivity index (χ2v) is 7.78. The van der Waals surface area contributed by atoms with E-state index in [9.17, 15) is 0 Å². The van der Waals surface area contributed by atoms with Crippen LogP contribution in [-0.4, -0.2) is 12.1 Å². The molecule has 146 valence electrons. The van der Waals surface area contributed by atoms with Crippen LogP contribution in [0, 0.1) is 0 Å². The van der Waals surface area contributed by atoms with Crippen molar-refractivity contribution in [3.05, 3.63) is 86.1 Å². The summed E-state index contributed by atoms with van der Waals surface area (Å²) in [7, 11) is 1.63. The topological polar surface area (TPSA) is 43.4 Å². The summed E-state index contributed by atoms with van der Waals surface area (Å²) in [5.74, 6) is 1.30. The molecular weight excluding hydrogens is 463 g/mol. The van der Waals surface area contributed by atoms with Crippen molar-refractivity contribution in [3.8, 4) is 11.5 Å². The van der Waals surface area contributed by atoms with Gasteiger partial charge in [-0.15, -0.1) is 0 Å². The van der Waals surface area contributed by atoms with Gasteiger partial charge in [0.15, 0.2) is 11.5 Å². The number of methoxy groups -OCH3 is 1. The van der Waals surface area contributed by atoms with Crippen LogP contribution in [0.2, 0.25) is 10.0 Å². The maximum Gasteiger partial charge on any atom is 0.175 e. The maximum absolute atomic E-state index is 6.07. The molecule has 0 amide bonds. The van der Waals surface area contributed by atoms with Gasteiger partial charge in [-0.25, -0.2) is 0 Å². The first-order valence-electron chi connectivity index (χ1n) is 8.59. The fourth-order valence-corrected chi connectivity index (χ4v) is 3.58. The number of nitrogens with zero attached hydrogens (tertiary/aromatic N) is 1. The van der Waals surface area contributed by atoms with Gasteiger partial charge in [-0.3, -0.25) is 4.98 Å². The van der Waals surface area contributed by atoms with Gasteiger partial charge in [0.1, 0.15) is 6.61 Å². The van der Waals surface area contributed by atoms with Crippen LogP contribution < -0.4 is 14.8 Å². The van der Waals surface area contributed by atoms with Gasteiger partial charge in [-0.1, -0.05) is 35.3 Å². The number of hydrogen-bond acceptors (Lipinski definition) is 4. The van der Waals surface area contributed by atoms with Crippen LogP contribution in [0.4, 0.5) is 0 Å². The monoisotopic (exact) mass is 480 g/mol. The van der Waals surface area contributed by atoms with Crippen molar-refractivity contribution in [2.45, 2.75) is 19.7 Å². The Balaban J connectivity index is 1.66. The fraction of sp³-hybridized carbons (Fsp3) is 0.190. The standard InChI is InChI=1S/C21H19BrCl2N2O2/c1-27-20-9-16(12-26-11-15-3-2-6-25-10-15)7-17(22)21(20)28-13-14-4-5-18(23)19(24)8-14/h2-10,26H,11-13H2,1H3. The van der Waals surface area contributed by atoms with E-state index >= 15 is 0 Å². The first-order valence-corrected chi connectivity index (χ1v) is 10.1. The van der Waals surface area contributed by atoms with Crippen molar-refractivity contribution in [1.82, 2.24) is 10.3 Å². The van der Waals surface area contributed by atoms with E-state index in [0.717, 1.165) is 27.7 Å². The Labute approximate surface area is 182 Å². The number of ether oxygens (including phenoxy) is 2. The highest BCUT2D eigenvalue weighted by Gasteiger charge is 2.12. The molecule has 3 aromatic rings. The molecule has 0 saturated heterocycles. The van der Waals surface area contributed by atoms with E-state index in [1.165, 1.54) is 0 Å². The van der Waals surface area contributed by atoms with Gasteiger partial charge < -0.3 is 14.8 Å². The summed E-state index contributed by atoms with van der Waals surface area (Å²) >= 11 is 15.6. The minimum Gasteiger partial charge on any atom is -0.493 e. The second-order valence-electron chi connectivity index (χ2n) is 6.11. The Morgan fingerprint density at radius 3 is 2.54 bits per heavy atom. The zero-order chi connectivity index (χ0) is 19.9. The summed E-state index contributed by atoms with van der Waals surface area (Å²) in [6.07, 6.45) is 3.62. The molecule has 4 nitrogen and oxygen atoms in total. The van der Waals surface area contributed by atoms with Crippen molar-refractivity contribution < 1.29 is 9.47 Å². The van der Waals surface area contributed by atoms with Gasteiger partial charge in [-0.2, -0.15) is 0 Å².